The molecule has 27 heteroatoms. The number of aliphatic hydroxyl groups is 12. The molecule has 4 aliphatic rings. The van der Waals surface area contributed by atoms with Crippen LogP contribution in [0, 0.1) is 0 Å². The van der Waals surface area contributed by atoms with Crippen LogP contribution in [0.2, 0.25) is 0 Å². The third-order valence-corrected chi connectivity index (χ3v) is 12.9. The lowest BCUT2D eigenvalue weighted by molar-refractivity contribution is -0.354. The molecule has 1 aromatic heterocycles. The highest BCUT2D eigenvalue weighted by atomic mass is 16.8. The quantitative estimate of drug-likeness (QED) is 0.0397. The van der Waals surface area contributed by atoms with Gasteiger partial charge in [-0.2, -0.15) is 0 Å². The van der Waals surface area contributed by atoms with Gasteiger partial charge in [0, 0.05) is 23.8 Å². The third kappa shape index (κ3) is 11.6. The number of carbonyl (C=O) groups excluding carboxylic acids is 1. The molecular formula is C48H56O27. The second-order valence-electron chi connectivity index (χ2n) is 18.0. The van der Waals surface area contributed by atoms with E-state index < -0.39 is 188 Å². The molecule has 3 aromatic carbocycles. The van der Waals surface area contributed by atoms with Gasteiger partial charge in [0.15, 0.2) is 30.5 Å². The monoisotopic (exact) mass is 1060 g/mol. The molecule has 0 aliphatic carbocycles. The van der Waals surface area contributed by atoms with Gasteiger partial charge in [-0.15, -0.1) is 0 Å². The highest BCUT2D eigenvalue weighted by Gasteiger charge is 2.54. The Morgan fingerprint density at radius 2 is 1.09 bits per heavy atom. The number of aliphatic hydroxyl groups excluding tert-OH is 12. The van der Waals surface area contributed by atoms with E-state index >= 15 is 0 Å². The molecule has 4 aliphatic heterocycles. The second-order valence-corrected chi connectivity index (χ2v) is 18.0. The predicted molar refractivity (Wildman–Crippen MR) is 245 cm³/mol. The molecule has 410 valence electrons. The Morgan fingerprint density at radius 1 is 0.573 bits per heavy atom. The number of benzene rings is 3. The first-order valence-corrected chi connectivity index (χ1v) is 23.3. The first-order chi connectivity index (χ1) is 35.7. The Bertz CT molecular complexity index is 2660. The normalized spacial score (nSPS) is 36.3. The van der Waals surface area contributed by atoms with Crippen molar-refractivity contribution in [1.29, 1.82) is 0 Å². The van der Waals surface area contributed by atoms with Gasteiger partial charge in [0.2, 0.25) is 23.8 Å². The summed E-state index contributed by atoms with van der Waals surface area (Å²) >= 11 is 0. The number of esters is 1. The van der Waals surface area contributed by atoms with Crippen molar-refractivity contribution in [2.45, 2.75) is 130 Å². The largest absolute Gasteiger partial charge is 0.508 e. The van der Waals surface area contributed by atoms with Crippen LogP contribution in [-0.4, -0.2) is 225 Å². The molecule has 20 atom stereocenters. The van der Waals surface area contributed by atoms with Gasteiger partial charge in [-0.05, 0) is 55.0 Å². The maximum absolute atomic E-state index is 14.7. The Hall–Kier alpha value is -5.64. The molecular weight excluding hydrogens is 1010 g/mol. The van der Waals surface area contributed by atoms with E-state index in [1.807, 2.05) is 0 Å². The van der Waals surface area contributed by atoms with Gasteiger partial charge >= 0.3 is 5.97 Å². The van der Waals surface area contributed by atoms with Crippen LogP contribution in [0.15, 0.2) is 76.0 Å². The summed E-state index contributed by atoms with van der Waals surface area (Å²) < 4.78 is 58.4. The molecule has 4 saturated heterocycles. The fourth-order valence-corrected chi connectivity index (χ4v) is 8.74. The van der Waals surface area contributed by atoms with E-state index in [4.69, 9.17) is 47.0 Å². The maximum Gasteiger partial charge on any atom is 0.331 e. The highest BCUT2D eigenvalue weighted by molar-refractivity contribution is 5.89. The number of carbonyl (C=O) groups is 1. The zero-order chi connectivity index (χ0) is 54.2. The Kier molecular flexibility index (Phi) is 17.3. The van der Waals surface area contributed by atoms with Crippen molar-refractivity contribution in [3.8, 4) is 40.1 Å². The molecule has 4 aromatic rings. The molecule has 4 fully saturated rings. The van der Waals surface area contributed by atoms with Crippen molar-refractivity contribution < 1.29 is 128 Å². The zero-order valence-corrected chi connectivity index (χ0v) is 39.2. The van der Waals surface area contributed by atoms with Gasteiger partial charge in [-0.1, -0.05) is 12.1 Å². The highest BCUT2D eigenvalue weighted by Crippen LogP contribution is 2.40. The number of rotatable bonds is 15. The van der Waals surface area contributed by atoms with Crippen molar-refractivity contribution >= 4 is 23.0 Å². The van der Waals surface area contributed by atoms with E-state index in [1.54, 1.807) is 0 Å². The second kappa shape index (κ2) is 23.3. The van der Waals surface area contributed by atoms with Crippen LogP contribution < -0.4 is 14.9 Å². The lowest BCUT2D eigenvalue weighted by Gasteiger charge is -2.46. The third-order valence-electron chi connectivity index (χ3n) is 12.9. The molecule has 75 heavy (non-hydrogen) atoms. The van der Waals surface area contributed by atoms with Crippen LogP contribution in [0.3, 0.4) is 0 Å². The minimum absolute atomic E-state index is 0.00746. The van der Waals surface area contributed by atoms with Crippen molar-refractivity contribution in [3.63, 3.8) is 0 Å². The number of fused-ring (bicyclic) bond motifs is 1. The summed E-state index contributed by atoms with van der Waals surface area (Å²) in [5.74, 6) is -4.02. The van der Waals surface area contributed by atoms with Gasteiger partial charge in [-0.3, -0.25) is 4.79 Å². The average molecular weight is 1060 g/mol. The minimum atomic E-state index is -2.05. The molecule has 0 spiro atoms. The fourth-order valence-electron chi connectivity index (χ4n) is 8.74. The molecule has 27 nitrogen and oxygen atoms in total. The topological polar surface area (TPSA) is 434 Å². The van der Waals surface area contributed by atoms with Crippen LogP contribution in [0.1, 0.15) is 12.5 Å². The summed E-state index contributed by atoms with van der Waals surface area (Å²) in [4.78, 5) is 28.2. The lowest BCUT2D eigenvalue weighted by Crippen LogP contribution is -2.65. The molecule has 0 unspecified atom stereocenters. The Balaban J connectivity index is 1.17. The average Bonchev–Trinajstić information content (AvgIpc) is 3.39. The SMILES string of the molecule is C[C@@H]1O[C@@H](O[C@H]2[C@H](Oc3c(-c4ccc(O)cc4)oc4cc(O[C@@H]5O[C@H](CO)[C@@H](O)[C@H](O[C@@H]6O[C@H](CO)[C@@H](O)[C@H](O)[C@H]6O)[C@H]5OC(=O)/C=C/c5ccc(O)cc5)cc(O)c4c3=O)O[C@H](CO)[C@@H](O)[C@@H]2O)[C@H](O)[C@H](O)[C@H]1O. The smallest absolute Gasteiger partial charge is 0.331 e. The lowest BCUT2D eigenvalue weighted by atomic mass is 9.96. The number of phenolic OH excluding ortho intramolecular Hbond substituents is 3. The minimum Gasteiger partial charge on any atom is -0.508 e. The van der Waals surface area contributed by atoms with Gasteiger partial charge in [0.05, 0.1) is 25.9 Å². The van der Waals surface area contributed by atoms with Crippen molar-refractivity contribution in [1.82, 2.24) is 0 Å². The summed E-state index contributed by atoms with van der Waals surface area (Å²) in [6.45, 7) is -1.42. The number of phenols is 3. The van der Waals surface area contributed by atoms with Crippen molar-refractivity contribution in [2.24, 2.45) is 0 Å². The zero-order valence-electron chi connectivity index (χ0n) is 39.2. The molecule has 8 rings (SSSR count). The maximum atomic E-state index is 14.7. The van der Waals surface area contributed by atoms with Crippen LogP contribution in [0.4, 0.5) is 0 Å². The number of aromatic hydroxyl groups is 3. The standard InChI is InChI=1S/C48H56O27/c1-17-30(56)35(61)38(64)45(66-17)75-43-37(63)32(58)26(15-50)70-47(43)74-42-34(60)29-23(54)12-22(13-24(29)68-40(42)19-5-9-21(53)10-6-19)67-48-44(72-28(55)11-4-18-2-7-20(52)8-3-18)41(33(59)27(16-51)71-48)73-46-39(65)36(62)31(57)25(14-49)69-46/h2-13,17,25-27,30-33,35-39,41,43-54,56-59,61-65H,14-16H2,1H3/b11-4+/t17-,25+,26+,27+,30-,31+,32+,33+,35+,36-,37-,38+,39+,41-,43+,44+,45-,46-,47-,48+/m0/s1. The molecule has 0 radical (unpaired) electrons. The van der Waals surface area contributed by atoms with Gasteiger partial charge in [0.1, 0.15) is 113 Å². The van der Waals surface area contributed by atoms with E-state index in [0.717, 1.165) is 18.2 Å². The predicted octanol–water partition coefficient (Wildman–Crippen LogP) is -4.13. The molecule has 5 heterocycles. The van der Waals surface area contributed by atoms with Crippen LogP contribution in [0.5, 0.6) is 28.7 Å². The van der Waals surface area contributed by atoms with E-state index in [-0.39, 0.29) is 17.1 Å². The number of hydrogen-bond acceptors (Lipinski definition) is 27. The van der Waals surface area contributed by atoms with Gasteiger partial charge < -0.3 is 124 Å². The summed E-state index contributed by atoms with van der Waals surface area (Å²) in [6, 6.07) is 12.4. The summed E-state index contributed by atoms with van der Waals surface area (Å²) in [5.41, 5.74) is -1.21. The van der Waals surface area contributed by atoms with E-state index in [9.17, 15) is 86.2 Å². The number of hydrogen-bond donors (Lipinski definition) is 15. The van der Waals surface area contributed by atoms with E-state index in [0.29, 0.717) is 5.56 Å². The van der Waals surface area contributed by atoms with Crippen LogP contribution >= 0.6 is 0 Å². The molecule has 0 amide bonds. The first kappa shape index (κ1) is 55.6. The molecule has 0 bridgehead atoms. The Morgan fingerprint density at radius 3 is 1.71 bits per heavy atom. The Labute approximate surface area is 422 Å². The summed E-state index contributed by atoms with van der Waals surface area (Å²) in [5, 5.41) is 158. The molecule has 15 N–H and O–H groups in total. The summed E-state index contributed by atoms with van der Waals surface area (Å²) in [6.07, 6.45) is -34.2. The summed E-state index contributed by atoms with van der Waals surface area (Å²) in [7, 11) is 0. The van der Waals surface area contributed by atoms with Gasteiger partial charge in [-0.25, -0.2) is 4.79 Å². The van der Waals surface area contributed by atoms with E-state index in [2.05, 4.69) is 0 Å². The van der Waals surface area contributed by atoms with Crippen molar-refractivity contribution in [3.05, 3.63) is 82.5 Å². The molecule has 0 saturated carbocycles. The van der Waals surface area contributed by atoms with Crippen LogP contribution in [-0.2, 0) is 38.0 Å². The van der Waals surface area contributed by atoms with Crippen LogP contribution in [0.25, 0.3) is 28.4 Å². The van der Waals surface area contributed by atoms with E-state index in [1.165, 1.54) is 61.5 Å². The van der Waals surface area contributed by atoms with Crippen molar-refractivity contribution in [2.75, 3.05) is 19.8 Å². The first-order valence-electron chi connectivity index (χ1n) is 23.3. The van der Waals surface area contributed by atoms with Gasteiger partial charge in [0.25, 0.3) is 0 Å². The number of ether oxygens (including phenoxy) is 9. The fraction of sp³-hybridized carbons (Fsp3) is 0.500.